The number of rotatable bonds is 8. The number of amides is 1. The Morgan fingerprint density at radius 3 is 2.68 bits per heavy atom. The molecule has 0 saturated carbocycles. The van der Waals surface area contributed by atoms with E-state index in [1.807, 2.05) is 13.8 Å². The molecule has 180 valence electrons. The zero-order chi connectivity index (χ0) is 24.6. The summed E-state index contributed by atoms with van der Waals surface area (Å²) < 4.78 is 11.0. The molecular formula is C25H28ClN3O5. The number of halogens is 1. The minimum atomic E-state index is -0.510. The van der Waals surface area contributed by atoms with Crippen molar-refractivity contribution >= 4 is 17.5 Å². The van der Waals surface area contributed by atoms with Crippen LogP contribution in [-0.4, -0.2) is 57.6 Å². The second kappa shape index (κ2) is 9.56. The van der Waals surface area contributed by atoms with Crippen molar-refractivity contribution in [3.8, 4) is 28.5 Å². The summed E-state index contributed by atoms with van der Waals surface area (Å²) in [4.78, 5) is 15.2. The van der Waals surface area contributed by atoms with E-state index >= 15 is 0 Å². The number of benzene rings is 2. The Hall–Kier alpha value is -3.23. The van der Waals surface area contributed by atoms with Crippen LogP contribution in [0, 0.1) is 6.92 Å². The number of phenolic OH excluding ortho intramolecular Hbond substituents is 2. The lowest BCUT2D eigenvalue weighted by atomic mass is 9.95. The molecule has 2 aromatic carbocycles. The highest BCUT2D eigenvalue weighted by Gasteiger charge is 2.42. The van der Waals surface area contributed by atoms with E-state index in [1.54, 1.807) is 36.1 Å². The molecule has 0 spiro atoms. The van der Waals surface area contributed by atoms with E-state index in [0.717, 1.165) is 11.1 Å². The summed E-state index contributed by atoms with van der Waals surface area (Å²) in [6.07, 6.45) is 0.744. The zero-order valence-corrected chi connectivity index (χ0v) is 20.3. The summed E-state index contributed by atoms with van der Waals surface area (Å²) in [5, 5.41) is 28.5. The SMILES string of the molecule is COc1cc([C@H]2c3c(-c4cc(Cl)c(C)cc4O)n[nH]c3C(=O)N2CCCOC(C)C)ccc1O. The molecule has 34 heavy (non-hydrogen) atoms. The van der Waals surface area contributed by atoms with E-state index in [0.29, 0.717) is 52.9 Å². The number of aryl methyl sites for hydroxylation is 1. The number of aromatic nitrogens is 2. The molecule has 1 aliphatic rings. The summed E-state index contributed by atoms with van der Waals surface area (Å²) in [5.41, 5.74) is 3.35. The van der Waals surface area contributed by atoms with Crippen molar-refractivity contribution in [1.29, 1.82) is 0 Å². The van der Waals surface area contributed by atoms with Gasteiger partial charge in [-0.3, -0.25) is 9.89 Å². The van der Waals surface area contributed by atoms with Crippen LogP contribution in [-0.2, 0) is 4.74 Å². The number of nitrogens with zero attached hydrogens (tertiary/aromatic N) is 2. The predicted octanol–water partition coefficient (Wildman–Crippen LogP) is 4.82. The fraction of sp³-hybridized carbons (Fsp3) is 0.360. The number of nitrogens with one attached hydrogen (secondary N) is 1. The number of hydrogen-bond acceptors (Lipinski definition) is 6. The third-order valence-corrected chi connectivity index (χ3v) is 6.32. The van der Waals surface area contributed by atoms with E-state index in [2.05, 4.69) is 10.2 Å². The van der Waals surface area contributed by atoms with Gasteiger partial charge in [-0.15, -0.1) is 0 Å². The van der Waals surface area contributed by atoms with Gasteiger partial charge in [0, 0.05) is 29.3 Å². The van der Waals surface area contributed by atoms with Crippen molar-refractivity contribution < 1.29 is 24.5 Å². The maximum atomic E-state index is 13.4. The van der Waals surface area contributed by atoms with Gasteiger partial charge in [-0.2, -0.15) is 5.10 Å². The predicted molar refractivity (Wildman–Crippen MR) is 129 cm³/mol. The average molecular weight is 486 g/mol. The number of ether oxygens (including phenoxy) is 2. The minimum absolute atomic E-state index is 0.00283. The van der Waals surface area contributed by atoms with Gasteiger partial charge in [0.25, 0.3) is 5.91 Å². The fourth-order valence-electron chi connectivity index (χ4n) is 4.25. The molecule has 0 saturated heterocycles. The number of phenols is 2. The Labute approximate surface area is 203 Å². The van der Waals surface area contributed by atoms with Crippen LogP contribution in [0.15, 0.2) is 30.3 Å². The Balaban J connectivity index is 1.81. The van der Waals surface area contributed by atoms with Crippen LogP contribution in [0.1, 0.15) is 53.5 Å². The summed E-state index contributed by atoms with van der Waals surface area (Å²) in [6, 6.07) is 7.72. The molecule has 3 N–H and O–H groups in total. The lowest BCUT2D eigenvalue weighted by Crippen LogP contribution is -2.31. The lowest BCUT2D eigenvalue weighted by molar-refractivity contribution is 0.0601. The largest absolute Gasteiger partial charge is 0.507 e. The van der Waals surface area contributed by atoms with E-state index in [9.17, 15) is 15.0 Å². The van der Waals surface area contributed by atoms with Gasteiger partial charge < -0.3 is 24.6 Å². The third kappa shape index (κ3) is 4.31. The first-order chi connectivity index (χ1) is 16.2. The minimum Gasteiger partial charge on any atom is -0.507 e. The van der Waals surface area contributed by atoms with Gasteiger partial charge in [-0.25, -0.2) is 0 Å². The maximum Gasteiger partial charge on any atom is 0.273 e. The van der Waals surface area contributed by atoms with Crippen LogP contribution >= 0.6 is 11.6 Å². The highest BCUT2D eigenvalue weighted by molar-refractivity contribution is 6.31. The number of carbonyl (C=O) groups excluding carboxylic acids is 1. The highest BCUT2D eigenvalue weighted by Crippen LogP contribution is 2.46. The van der Waals surface area contributed by atoms with Crippen molar-refractivity contribution in [2.24, 2.45) is 0 Å². The molecule has 0 bridgehead atoms. The Kier molecular flexibility index (Phi) is 6.72. The normalized spacial score (nSPS) is 15.3. The standard InChI is InChI=1S/C25H28ClN3O5/c1-13(2)34-9-5-8-29-24(15-6-7-18(30)20(11-15)33-4)21-22(27-28-23(21)25(29)32)16-12-17(26)14(3)10-19(16)31/h6-7,10-13,24,30-31H,5,8-9H2,1-4H3,(H,27,28)/t24-/m0/s1. The first kappa shape index (κ1) is 23.9. The van der Waals surface area contributed by atoms with E-state index in [4.69, 9.17) is 21.1 Å². The monoisotopic (exact) mass is 485 g/mol. The number of hydrogen-bond donors (Lipinski definition) is 3. The van der Waals surface area contributed by atoms with Crippen LogP contribution in [0.5, 0.6) is 17.2 Å². The van der Waals surface area contributed by atoms with Crippen LogP contribution in [0.3, 0.4) is 0 Å². The number of aromatic amines is 1. The first-order valence-corrected chi connectivity index (χ1v) is 11.5. The number of aromatic hydroxyl groups is 2. The number of fused-ring (bicyclic) bond motifs is 1. The molecule has 1 aliphatic heterocycles. The van der Waals surface area contributed by atoms with E-state index < -0.39 is 6.04 Å². The summed E-state index contributed by atoms with van der Waals surface area (Å²) in [7, 11) is 1.47. The molecule has 1 aromatic heterocycles. The number of H-pyrrole nitrogens is 1. The van der Waals surface area contributed by atoms with Crippen molar-refractivity contribution in [1.82, 2.24) is 15.1 Å². The molecule has 3 aromatic rings. The van der Waals surface area contributed by atoms with Crippen molar-refractivity contribution in [2.45, 2.75) is 39.3 Å². The summed E-state index contributed by atoms with van der Waals surface area (Å²) >= 11 is 6.35. The molecule has 9 heteroatoms. The van der Waals surface area contributed by atoms with E-state index in [1.165, 1.54) is 13.2 Å². The molecule has 2 heterocycles. The van der Waals surface area contributed by atoms with Crippen molar-refractivity contribution in [3.63, 3.8) is 0 Å². The molecule has 0 unspecified atom stereocenters. The zero-order valence-electron chi connectivity index (χ0n) is 19.6. The van der Waals surface area contributed by atoms with Crippen LogP contribution in [0.4, 0.5) is 0 Å². The van der Waals surface area contributed by atoms with Gasteiger partial charge in [0.05, 0.1) is 19.3 Å². The molecule has 0 aliphatic carbocycles. The van der Waals surface area contributed by atoms with Crippen LogP contribution < -0.4 is 4.74 Å². The number of methoxy groups -OCH3 is 1. The molecule has 0 fully saturated rings. The molecule has 8 nitrogen and oxygen atoms in total. The summed E-state index contributed by atoms with van der Waals surface area (Å²) in [5.74, 6) is 0.123. The second-order valence-corrected chi connectivity index (χ2v) is 8.99. The third-order valence-electron chi connectivity index (χ3n) is 5.91. The van der Waals surface area contributed by atoms with E-state index in [-0.39, 0.29) is 23.5 Å². The Morgan fingerprint density at radius 2 is 1.97 bits per heavy atom. The van der Waals surface area contributed by atoms with Gasteiger partial charge in [-0.1, -0.05) is 17.7 Å². The average Bonchev–Trinajstić information content (AvgIpc) is 3.33. The summed E-state index contributed by atoms with van der Waals surface area (Å²) in [6.45, 7) is 6.70. The lowest BCUT2D eigenvalue weighted by Gasteiger charge is -2.27. The first-order valence-electron chi connectivity index (χ1n) is 11.1. The highest BCUT2D eigenvalue weighted by atomic mass is 35.5. The smallest absolute Gasteiger partial charge is 0.273 e. The van der Waals surface area contributed by atoms with Crippen molar-refractivity contribution in [3.05, 3.63) is 57.7 Å². The molecule has 4 rings (SSSR count). The quantitative estimate of drug-likeness (QED) is 0.395. The van der Waals surface area contributed by atoms with Gasteiger partial charge in [0.2, 0.25) is 0 Å². The van der Waals surface area contributed by atoms with Gasteiger partial charge >= 0.3 is 0 Å². The number of carbonyl (C=O) groups is 1. The van der Waals surface area contributed by atoms with Crippen LogP contribution in [0.25, 0.3) is 11.3 Å². The molecule has 1 amide bonds. The van der Waals surface area contributed by atoms with Crippen molar-refractivity contribution in [2.75, 3.05) is 20.3 Å². The van der Waals surface area contributed by atoms with Gasteiger partial charge in [0.15, 0.2) is 11.5 Å². The maximum absolute atomic E-state index is 13.4. The fourth-order valence-corrected chi connectivity index (χ4v) is 4.42. The van der Waals surface area contributed by atoms with Crippen LogP contribution in [0.2, 0.25) is 5.02 Å². The Bertz CT molecular complexity index is 1220. The second-order valence-electron chi connectivity index (χ2n) is 8.58. The van der Waals surface area contributed by atoms with Gasteiger partial charge in [-0.05, 0) is 62.6 Å². The topological polar surface area (TPSA) is 108 Å². The molecule has 0 radical (unpaired) electrons. The molecular weight excluding hydrogens is 458 g/mol. The molecule has 1 atom stereocenters. The Morgan fingerprint density at radius 1 is 1.21 bits per heavy atom. The van der Waals surface area contributed by atoms with Gasteiger partial charge in [0.1, 0.15) is 17.1 Å².